The standard InChI is InChI=1S/C13H16F3NO3/c1-8-6-11(18)9(2)5-10(8)17-12(19)3-4-20-7-13(14,15)16/h5-6,18H,3-4,7H2,1-2H3,(H,17,19). The van der Waals surface area contributed by atoms with E-state index in [1.54, 1.807) is 19.9 Å². The number of phenols is 1. The van der Waals surface area contributed by atoms with Gasteiger partial charge in [0.15, 0.2) is 0 Å². The number of hydrogen-bond donors (Lipinski definition) is 2. The van der Waals surface area contributed by atoms with Gasteiger partial charge in [-0.1, -0.05) is 0 Å². The Hall–Kier alpha value is -1.76. The van der Waals surface area contributed by atoms with Crippen LogP contribution in [0.1, 0.15) is 17.5 Å². The number of rotatable bonds is 5. The smallest absolute Gasteiger partial charge is 0.411 e. The number of anilines is 1. The topological polar surface area (TPSA) is 58.6 Å². The first-order chi connectivity index (χ1) is 9.19. The third kappa shape index (κ3) is 5.48. The van der Waals surface area contributed by atoms with Crippen molar-refractivity contribution in [2.45, 2.75) is 26.4 Å². The van der Waals surface area contributed by atoms with Gasteiger partial charge in [0.05, 0.1) is 13.0 Å². The molecule has 0 aromatic heterocycles. The molecule has 7 heteroatoms. The molecule has 0 fully saturated rings. The second-order valence-electron chi connectivity index (χ2n) is 4.42. The molecular weight excluding hydrogens is 275 g/mol. The quantitative estimate of drug-likeness (QED) is 0.648. The summed E-state index contributed by atoms with van der Waals surface area (Å²) in [6.07, 6.45) is -4.56. The summed E-state index contributed by atoms with van der Waals surface area (Å²) >= 11 is 0. The molecule has 0 bridgehead atoms. The molecule has 0 aliphatic rings. The molecule has 0 radical (unpaired) electrons. The Kier molecular flexibility index (Phi) is 5.38. The van der Waals surface area contributed by atoms with E-state index in [2.05, 4.69) is 10.1 Å². The highest BCUT2D eigenvalue weighted by molar-refractivity contribution is 5.91. The van der Waals surface area contributed by atoms with Gasteiger partial charge in [0.25, 0.3) is 0 Å². The average molecular weight is 291 g/mol. The fourth-order valence-corrected chi connectivity index (χ4v) is 1.50. The van der Waals surface area contributed by atoms with Crippen LogP contribution < -0.4 is 5.32 Å². The van der Waals surface area contributed by atoms with Gasteiger partial charge in [0.1, 0.15) is 12.4 Å². The molecule has 0 spiro atoms. The van der Waals surface area contributed by atoms with E-state index in [9.17, 15) is 23.1 Å². The highest BCUT2D eigenvalue weighted by atomic mass is 19.4. The van der Waals surface area contributed by atoms with E-state index in [1.165, 1.54) is 6.07 Å². The number of carbonyl (C=O) groups excluding carboxylic acids is 1. The van der Waals surface area contributed by atoms with E-state index in [1.807, 2.05) is 0 Å². The van der Waals surface area contributed by atoms with Crippen molar-refractivity contribution >= 4 is 11.6 Å². The van der Waals surface area contributed by atoms with Gasteiger partial charge in [-0.3, -0.25) is 4.79 Å². The van der Waals surface area contributed by atoms with E-state index in [-0.39, 0.29) is 18.8 Å². The highest BCUT2D eigenvalue weighted by Crippen LogP contribution is 2.25. The fraction of sp³-hybridized carbons (Fsp3) is 0.462. The van der Waals surface area contributed by atoms with Crippen molar-refractivity contribution < 1.29 is 27.8 Å². The van der Waals surface area contributed by atoms with E-state index in [0.717, 1.165) is 0 Å². The third-order valence-corrected chi connectivity index (χ3v) is 2.56. The molecule has 0 saturated heterocycles. The van der Waals surface area contributed by atoms with Crippen LogP contribution in [0.25, 0.3) is 0 Å². The lowest BCUT2D eigenvalue weighted by molar-refractivity contribution is -0.174. The van der Waals surface area contributed by atoms with Crippen molar-refractivity contribution in [3.8, 4) is 5.75 Å². The Morgan fingerprint density at radius 3 is 2.55 bits per heavy atom. The van der Waals surface area contributed by atoms with Crippen LogP contribution in [0.3, 0.4) is 0 Å². The van der Waals surface area contributed by atoms with Gasteiger partial charge >= 0.3 is 6.18 Å². The maximum absolute atomic E-state index is 11.8. The Morgan fingerprint density at radius 1 is 1.30 bits per heavy atom. The number of aromatic hydroxyl groups is 1. The molecule has 0 heterocycles. The van der Waals surface area contributed by atoms with Gasteiger partial charge in [-0.15, -0.1) is 0 Å². The number of alkyl halides is 3. The summed E-state index contributed by atoms with van der Waals surface area (Å²) in [4.78, 5) is 11.6. The average Bonchev–Trinajstić information content (AvgIpc) is 2.30. The van der Waals surface area contributed by atoms with Crippen LogP contribution in [0.15, 0.2) is 12.1 Å². The summed E-state index contributed by atoms with van der Waals surface area (Å²) in [6.45, 7) is 1.71. The number of nitrogens with one attached hydrogen (secondary N) is 1. The number of carbonyl (C=O) groups is 1. The van der Waals surface area contributed by atoms with Gasteiger partial charge in [-0.25, -0.2) is 0 Å². The van der Waals surface area contributed by atoms with Crippen LogP contribution in [0.5, 0.6) is 5.75 Å². The number of amides is 1. The molecule has 1 amide bonds. The van der Waals surface area contributed by atoms with Crippen LogP contribution in [0, 0.1) is 13.8 Å². The summed E-state index contributed by atoms with van der Waals surface area (Å²) in [5.41, 5.74) is 1.78. The van der Waals surface area contributed by atoms with Crippen LogP contribution >= 0.6 is 0 Å². The van der Waals surface area contributed by atoms with Crippen LogP contribution in [-0.4, -0.2) is 30.4 Å². The third-order valence-electron chi connectivity index (χ3n) is 2.56. The molecule has 0 unspecified atom stereocenters. The molecule has 1 aromatic rings. The van der Waals surface area contributed by atoms with Gasteiger partial charge in [0, 0.05) is 5.69 Å². The lowest BCUT2D eigenvalue weighted by Gasteiger charge is -2.11. The minimum Gasteiger partial charge on any atom is -0.508 e. The number of ether oxygens (including phenoxy) is 1. The van der Waals surface area contributed by atoms with Gasteiger partial charge in [-0.2, -0.15) is 13.2 Å². The summed E-state index contributed by atoms with van der Waals surface area (Å²) in [5.74, 6) is -0.325. The highest BCUT2D eigenvalue weighted by Gasteiger charge is 2.27. The summed E-state index contributed by atoms with van der Waals surface area (Å²) in [5, 5.41) is 12.0. The van der Waals surface area contributed by atoms with Crippen LogP contribution in [0.4, 0.5) is 18.9 Å². The van der Waals surface area contributed by atoms with Crippen molar-refractivity contribution in [3.05, 3.63) is 23.3 Å². The summed E-state index contributed by atoms with van der Waals surface area (Å²) < 4.78 is 39.8. The van der Waals surface area contributed by atoms with Crippen molar-refractivity contribution in [3.63, 3.8) is 0 Å². The fourth-order valence-electron chi connectivity index (χ4n) is 1.50. The normalized spacial score (nSPS) is 11.4. The molecule has 0 atom stereocenters. The molecular formula is C13H16F3NO3. The first-order valence-electron chi connectivity index (χ1n) is 5.93. The van der Waals surface area contributed by atoms with E-state index in [0.29, 0.717) is 16.8 Å². The first kappa shape index (κ1) is 16.3. The molecule has 0 aliphatic heterocycles. The lowest BCUT2D eigenvalue weighted by atomic mass is 10.1. The van der Waals surface area contributed by atoms with Gasteiger partial charge in [-0.05, 0) is 37.1 Å². The van der Waals surface area contributed by atoms with E-state index >= 15 is 0 Å². The number of phenolic OH excluding ortho intramolecular Hbond substituents is 1. The molecule has 1 aromatic carbocycles. The summed E-state index contributed by atoms with van der Waals surface area (Å²) in [6, 6.07) is 3.10. The summed E-state index contributed by atoms with van der Waals surface area (Å²) in [7, 11) is 0. The zero-order valence-corrected chi connectivity index (χ0v) is 11.2. The maximum Gasteiger partial charge on any atom is 0.411 e. The number of halogens is 3. The lowest BCUT2D eigenvalue weighted by Crippen LogP contribution is -2.20. The zero-order valence-electron chi connectivity index (χ0n) is 11.2. The van der Waals surface area contributed by atoms with Crippen LogP contribution in [-0.2, 0) is 9.53 Å². The molecule has 20 heavy (non-hydrogen) atoms. The largest absolute Gasteiger partial charge is 0.508 e. The number of aryl methyl sites for hydroxylation is 2. The van der Waals surface area contributed by atoms with Crippen molar-refractivity contribution in [2.75, 3.05) is 18.5 Å². The van der Waals surface area contributed by atoms with Crippen LogP contribution in [0.2, 0.25) is 0 Å². The zero-order chi connectivity index (χ0) is 15.3. The minimum absolute atomic E-state index is 0.119. The molecule has 1 rings (SSSR count). The Bertz CT molecular complexity index is 486. The van der Waals surface area contributed by atoms with Crippen molar-refractivity contribution in [1.29, 1.82) is 0 Å². The Morgan fingerprint density at radius 2 is 1.95 bits per heavy atom. The molecule has 2 N–H and O–H groups in total. The van der Waals surface area contributed by atoms with Crippen molar-refractivity contribution in [1.82, 2.24) is 0 Å². The maximum atomic E-state index is 11.8. The molecule has 4 nitrogen and oxygen atoms in total. The SMILES string of the molecule is Cc1cc(NC(=O)CCOCC(F)(F)F)c(C)cc1O. The Labute approximate surface area is 114 Å². The number of benzene rings is 1. The van der Waals surface area contributed by atoms with Gasteiger partial charge < -0.3 is 15.2 Å². The second-order valence-corrected chi connectivity index (χ2v) is 4.42. The van der Waals surface area contributed by atoms with Gasteiger partial charge in [0.2, 0.25) is 5.91 Å². The van der Waals surface area contributed by atoms with Crippen molar-refractivity contribution in [2.24, 2.45) is 0 Å². The van der Waals surface area contributed by atoms with E-state index in [4.69, 9.17) is 0 Å². The molecule has 0 saturated carbocycles. The first-order valence-corrected chi connectivity index (χ1v) is 5.93. The Balaban J connectivity index is 2.45. The number of hydrogen-bond acceptors (Lipinski definition) is 3. The predicted molar refractivity (Wildman–Crippen MR) is 67.7 cm³/mol. The van der Waals surface area contributed by atoms with E-state index < -0.39 is 18.7 Å². The minimum atomic E-state index is -4.39. The molecule has 0 aliphatic carbocycles. The molecule has 112 valence electrons. The second kappa shape index (κ2) is 6.60. The predicted octanol–water partition coefficient (Wildman–Crippen LogP) is 2.92. The monoisotopic (exact) mass is 291 g/mol.